The van der Waals surface area contributed by atoms with Gasteiger partial charge in [0.2, 0.25) is 5.43 Å². The summed E-state index contributed by atoms with van der Waals surface area (Å²) in [6.45, 7) is -3.12. The first-order valence-electron chi connectivity index (χ1n) is 10.1. The molecule has 2 heterocycles. The average molecular weight is 447 g/mol. The Balaban J connectivity index is 1.80. The van der Waals surface area contributed by atoms with Gasteiger partial charge in [-0.15, -0.1) is 11.3 Å². The van der Waals surface area contributed by atoms with E-state index in [0.717, 1.165) is 36.1 Å². The van der Waals surface area contributed by atoms with Crippen LogP contribution in [0.1, 0.15) is 58.6 Å². The maximum absolute atomic E-state index is 13.4. The van der Waals surface area contributed by atoms with Crippen molar-refractivity contribution in [2.75, 3.05) is 0 Å². The molecule has 0 aliphatic heterocycles. The SMILES string of the molecule is O=C(O)c1cn(C2CC2)c2c(OC(F)F)c(-c3cc4c(s3)CCCC4O)ccc2c1=O. The number of aliphatic hydroxyl groups excluding tert-OH is 1. The Kier molecular flexibility index (Phi) is 4.82. The van der Waals surface area contributed by atoms with E-state index in [1.54, 1.807) is 10.6 Å². The number of nitrogens with zero attached hydrogens (tertiary/aromatic N) is 1. The number of hydrogen-bond donors (Lipinski definition) is 2. The Morgan fingerprint density at radius 2 is 2.03 bits per heavy atom. The number of aromatic nitrogens is 1. The van der Waals surface area contributed by atoms with Gasteiger partial charge in [-0.25, -0.2) is 4.79 Å². The van der Waals surface area contributed by atoms with Gasteiger partial charge >= 0.3 is 12.6 Å². The second kappa shape index (κ2) is 7.42. The topological polar surface area (TPSA) is 88.8 Å². The van der Waals surface area contributed by atoms with E-state index in [1.807, 2.05) is 0 Å². The maximum atomic E-state index is 13.4. The van der Waals surface area contributed by atoms with E-state index in [2.05, 4.69) is 0 Å². The second-order valence-corrected chi connectivity index (χ2v) is 9.07. The summed E-state index contributed by atoms with van der Waals surface area (Å²) in [5.74, 6) is -1.50. The second-order valence-electron chi connectivity index (χ2n) is 7.93. The number of aromatic carboxylic acids is 1. The highest BCUT2D eigenvalue weighted by atomic mass is 32.1. The summed E-state index contributed by atoms with van der Waals surface area (Å²) in [5, 5.41) is 19.8. The third-order valence-corrected chi connectivity index (χ3v) is 7.12. The number of aryl methyl sites for hydroxylation is 1. The van der Waals surface area contributed by atoms with Crippen LogP contribution in [0, 0.1) is 0 Å². The van der Waals surface area contributed by atoms with Crippen LogP contribution in [0.3, 0.4) is 0 Å². The molecule has 5 rings (SSSR count). The number of thiophene rings is 1. The number of halogens is 2. The monoisotopic (exact) mass is 447 g/mol. The number of pyridine rings is 1. The molecule has 1 aromatic carbocycles. The molecule has 9 heteroatoms. The van der Waals surface area contributed by atoms with Crippen LogP contribution >= 0.6 is 11.3 Å². The highest BCUT2D eigenvalue weighted by Gasteiger charge is 2.31. The standard InChI is InChI=1S/C22H19F2NO5S/c23-22(24)30-20-11(17-8-13-15(26)2-1-3-16(13)31-17)6-7-12-18(20)25(10-4-5-10)9-14(19(12)27)21(28)29/h6-10,15,22,26H,1-5H2,(H,28,29). The Bertz CT molecular complexity index is 1260. The quantitative estimate of drug-likeness (QED) is 0.590. The van der Waals surface area contributed by atoms with Crippen molar-refractivity contribution in [2.24, 2.45) is 0 Å². The molecule has 2 N–H and O–H groups in total. The van der Waals surface area contributed by atoms with Crippen LogP contribution in [0.4, 0.5) is 8.78 Å². The molecule has 0 bridgehead atoms. The zero-order chi connectivity index (χ0) is 21.9. The minimum Gasteiger partial charge on any atom is -0.477 e. The van der Waals surface area contributed by atoms with Gasteiger partial charge in [0.1, 0.15) is 5.56 Å². The van der Waals surface area contributed by atoms with Gasteiger partial charge in [0, 0.05) is 27.6 Å². The highest BCUT2D eigenvalue weighted by molar-refractivity contribution is 7.15. The van der Waals surface area contributed by atoms with Crippen molar-refractivity contribution < 1.29 is 28.5 Å². The van der Waals surface area contributed by atoms with Crippen LogP contribution in [0.25, 0.3) is 21.3 Å². The number of carboxylic acid groups (broad SMARTS) is 1. The van der Waals surface area contributed by atoms with E-state index < -0.39 is 29.7 Å². The fraction of sp³-hybridized carbons (Fsp3) is 0.364. The highest BCUT2D eigenvalue weighted by Crippen LogP contribution is 2.46. The molecule has 162 valence electrons. The molecule has 3 aromatic rings. The lowest BCUT2D eigenvalue weighted by atomic mass is 9.95. The summed E-state index contributed by atoms with van der Waals surface area (Å²) in [4.78, 5) is 26.0. The van der Waals surface area contributed by atoms with Gasteiger partial charge in [0.15, 0.2) is 5.75 Å². The lowest BCUT2D eigenvalue weighted by Gasteiger charge is -2.18. The van der Waals surface area contributed by atoms with E-state index in [4.69, 9.17) is 4.74 Å². The number of carbonyl (C=O) groups is 1. The fourth-order valence-electron chi connectivity index (χ4n) is 4.28. The Hall–Kier alpha value is -2.78. The molecule has 0 saturated heterocycles. The molecule has 2 aliphatic rings. The van der Waals surface area contributed by atoms with Gasteiger partial charge in [-0.05, 0) is 55.9 Å². The zero-order valence-electron chi connectivity index (χ0n) is 16.3. The maximum Gasteiger partial charge on any atom is 0.387 e. The van der Waals surface area contributed by atoms with Gasteiger partial charge in [-0.3, -0.25) is 4.79 Å². The number of ether oxygens (including phenoxy) is 1. The number of hydrogen-bond acceptors (Lipinski definition) is 5. The molecule has 0 radical (unpaired) electrons. The minimum absolute atomic E-state index is 0.0348. The van der Waals surface area contributed by atoms with Crippen LogP contribution in [0.15, 0.2) is 29.2 Å². The van der Waals surface area contributed by atoms with Crippen molar-refractivity contribution >= 4 is 28.2 Å². The molecule has 1 atom stereocenters. The molecule has 31 heavy (non-hydrogen) atoms. The molecule has 0 spiro atoms. The number of fused-ring (bicyclic) bond motifs is 2. The predicted octanol–water partition coefficient (Wildman–Crippen LogP) is 4.73. The van der Waals surface area contributed by atoms with Crippen LogP contribution in [-0.2, 0) is 6.42 Å². The first-order valence-corrected chi connectivity index (χ1v) is 10.9. The molecular formula is C22H19F2NO5S. The van der Waals surface area contributed by atoms with E-state index in [1.165, 1.54) is 29.7 Å². The Morgan fingerprint density at radius 1 is 1.26 bits per heavy atom. The van der Waals surface area contributed by atoms with Crippen molar-refractivity contribution in [1.29, 1.82) is 0 Å². The van der Waals surface area contributed by atoms with Crippen molar-refractivity contribution in [1.82, 2.24) is 4.57 Å². The van der Waals surface area contributed by atoms with Crippen LogP contribution in [0.2, 0.25) is 0 Å². The fourth-order valence-corrected chi connectivity index (χ4v) is 5.56. The number of carboxylic acids is 1. The average Bonchev–Trinajstić information content (AvgIpc) is 3.46. The molecule has 2 aromatic heterocycles. The largest absolute Gasteiger partial charge is 0.477 e. The van der Waals surface area contributed by atoms with E-state index >= 15 is 0 Å². The van der Waals surface area contributed by atoms with Crippen molar-refractivity contribution in [3.63, 3.8) is 0 Å². The molecule has 1 fully saturated rings. The minimum atomic E-state index is -3.12. The Morgan fingerprint density at radius 3 is 2.68 bits per heavy atom. The molecular weight excluding hydrogens is 428 g/mol. The first-order chi connectivity index (χ1) is 14.8. The van der Waals surface area contributed by atoms with Crippen LogP contribution in [0.5, 0.6) is 5.75 Å². The molecule has 0 amide bonds. The molecule has 6 nitrogen and oxygen atoms in total. The summed E-state index contributed by atoms with van der Waals surface area (Å²) >= 11 is 1.42. The third-order valence-electron chi connectivity index (χ3n) is 5.87. The zero-order valence-corrected chi connectivity index (χ0v) is 17.1. The summed E-state index contributed by atoms with van der Waals surface area (Å²) in [7, 11) is 0. The molecule has 1 saturated carbocycles. The summed E-state index contributed by atoms with van der Waals surface area (Å²) in [6.07, 6.45) is 4.48. The Labute approximate surface area is 179 Å². The van der Waals surface area contributed by atoms with E-state index in [0.29, 0.717) is 16.9 Å². The van der Waals surface area contributed by atoms with Gasteiger partial charge in [-0.1, -0.05) is 0 Å². The van der Waals surface area contributed by atoms with Crippen molar-refractivity contribution in [3.8, 4) is 16.2 Å². The molecule has 2 aliphatic carbocycles. The summed E-state index contributed by atoms with van der Waals surface area (Å²) < 4.78 is 33.4. The normalized spacial score (nSPS) is 18.4. The van der Waals surface area contributed by atoms with E-state index in [-0.39, 0.29) is 22.7 Å². The predicted molar refractivity (Wildman–Crippen MR) is 111 cm³/mol. The lowest BCUT2D eigenvalue weighted by Crippen LogP contribution is -2.19. The van der Waals surface area contributed by atoms with Gasteiger partial charge in [-0.2, -0.15) is 8.78 Å². The van der Waals surface area contributed by atoms with Gasteiger partial charge in [0.05, 0.1) is 17.0 Å². The third kappa shape index (κ3) is 3.41. The number of alkyl halides is 2. The smallest absolute Gasteiger partial charge is 0.387 e. The number of aliphatic hydroxyl groups is 1. The van der Waals surface area contributed by atoms with Gasteiger partial charge in [0.25, 0.3) is 0 Å². The number of rotatable bonds is 5. The summed E-state index contributed by atoms with van der Waals surface area (Å²) in [5.41, 5.74) is 0.254. The van der Waals surface area contributed by atoms with Crippen molar-refractivity contribution in [3.05, 3.63) is 50.6 Å². The van der Waals surface area contributed by atoms with Crippen LogP contribution < -0.4 is 10.2 Å². The lowest BCUT2D eigenvalue weighted by molar-refractivity contribution is -0.0486. The van der Waals surface area contributed by atoms with Crippen molar-refractivity contribution in [2.45, 2.75) is 50.9 Å². The summed E-state index contributed by atoms with van der Waals surface area (Å²) in [6, 6.07) is 4.73. The number of benzene rings is 1. The van der Waals surface area contributed by atoms with Crippen LogP contribution in [-0.4, -0.2) is 27.4 Å². The van der Waals surface area contributed by atoms with E-state index in [9.17, 15) is 28.6 Å². The first kappa shape index (κ1) is 20.1. The molecule has 1 unspecified atom stereocenters. The van der Waals surface area contributed by atoms with Gasteiger partial charge < -0.3 is 19.5 Å².